The first-order valence-electron chi connectivity index (χ1n) is 12.1. The Morgan fingerprint density at radius 1 is 0.971 bits per heavy atom. The minimum absolute atomic E-state index is 0.0732. The molecule has 3 nitrogen and oxygen atoms in total. The summed E-state index contributed by atoms with van der Waals surface area (Å²) in [7, 11) is -0.509. The molecule has 1 heterocycles. The van der Waals surface area contributed by atoms with E-state index in [-0.39, 0.29) is 18.7 Å². The lowest BCUT2D eigenvalue weighted by Gasteiger charge is -2.23. The van der Waals surface area contributed by atoms with Gasteiger partial charge in [-0.05, 0) is 108 Å². The molecule has 0 fully saturated rings. The Labute approximate surface area is 205 Å². The van der Waals surface area contributed by atoms with E-state index >= 15 is 0 Å². The number of fused-ring (bicyclic) bond motifs is 2. The zero-order valence-corrected chi connectivity index (χ0v) is 21.0. The van der Waals surface area contributed by atoms with Gasteiger partial charge in [0.2, 0.25) is 0 Å². The van der Waals surface area contributed by atoms with Crippen molar-refractivity contribution in [2.75, 3.05) is 6.61 Å². The van der Waals surface area contributed by atoms with Gasteiger partial charge in [0, 0.05) is 4.90 Å². The van der Waals surface area contributed by atoms with Crippen LogP contribution in [-0.2, 0) is 16.0 Å². The number of esters is 1. The number of rotatable bonds is 5. The first-order valence-corrected chi connectivity index (χ1v) is 13.4. The molecular formula is C30H32O3S. The van der Waals surface area contributed by atoms with Gasteiger partial charge < -0.3 is 9.47 Å². The lowest BCUT2D eigenvalue weighted by molar-refractivity contribution is -0.152. The van der Waals surface area contributed by atoms with Crippen LogP contribution in [0.5, 0.6) is 5.75 Å². The highest BCUT2D eigenvalue weighted by Gasteiger charge is 2.24. The molecule has 0 spiro atoms. The number of thiol groups is 1. The van der Waals surface area contributed by atoms with Crippen molar-refractivity contribution in [3.05, 3.63) is 93.4 Å². The summed E-state index contributed by atoms with van der Waals surface area (Å²) in [4.78, 5) is 16.9. The third-order valence-corrected chi connectivity index (χ3v) is 9.27. The van der Waals surface area contributed by atoms with E-state index in [0.717, 1.165) is 48.1 Å². The molecule has 0 bridgehead atoms. The second-order valence-corrected chi connectivity index (χ2v) is 11.7. The largest absolute Gasteiger partial charge is 0.481 e. The predicted molar refractivity (Wildman–Crippen MR) is 140 cm³/mol. The number of carbonyl (C=O) groups excluding carboxylic acids is 1. The molecule has 3 aromatic rings. The van der Waals surface area contributed by atoms with E-state index in [4.69, 9.17) is 9.47 Å². The molecule has 0 aromatic heterocycles. The number of hydrogen-bond donors (Lipinski definition) is 1. The van der Waals surface area contributed by atoms with Gasteiger partial charge in [-0.1, -0.05) is 42.5 Å². The van der Waals surface area contributed by atoms with E-state index in [0.29, 0.717) is 0 Å². The maximum Gasteiger partial charge on any atom is 0.344 e. The van der Waals surface area contributed by atoms with Crippen LogP contribution in [-0.4, -0.2) is 12.6 Å². The highest BCUT2D eigenvalue weighted by molar-refractivity contribution is 8.20. The Kier molecular flexibility index (Phi) is 6.51. The Hall–Kier alpha value is -2.98. The molecule has 0 saturated heterocycles. The first kappa shape index (κ1) is 22.8. The smallest absolute Gasteiger partial charge is 0.344 e. The van der Waals surface area contributed by atoms with E-state index in [9.17, 15) is 4.79 Å². The maximum atomic E-state index is 12.7. The van der Waals surface area contributed by atoms with Crippen molar-refractivity contribution in [2.45, 2.75) is 62.3 Å². The molecule has 0 N–H and O–H groups in total. The molecule has 2 atom stereocenters. The number of aryl methyl sites for hydroxylation is 3. The fourth-order valence-electron chi connectivity index (χ4n) is 5.24. The summed E-state index contributed by atoms with van der Waals surface area (Å²) in [6.45, 7) is 6.28. The molecule has 4 heteroatoms. The number of benzene rings is 3. The van der Waals surface area contributed by atoms with Crippen LogP contribution in [0.2, 0.25) is 0 Å². The summed E-state index contributed by atoms with van der Waals surface area (Å²) in [6, 6.07) is 21.4. The molecule has 5 rings (SSSR count). The number of hydrogen-bond acceptors (Lipinski definition) is 3. The third-order valence-electron chi connectivity index (χ3n) is 6.77. The summed E-state index contributed by atoms with van der Waals surface area (Å²) in [5.41, 5.74) is 5.88. The van der Waals surface area contributed by atoms with Crippen LogP contribution in [0.3, 0.4) is 0 Å². The minimum Gasteiger partial charge on any atom is -0.481 e. The predicted octanol–water partition coefficient (Wildman–Crippen LogP) is 7.49. The topological polar surface area (TPSA) is 35.5 Å². The van der Waals surface area contributed by atoms with Gasteiger partial charge in [-0.3, -0.25) is 0 Å². The van der Waals surface area contributed by atoms with Gasteiger partial charge in [-0.15, -0.1) is 0 Å². The van der Waals surface area contributed by atoms with Crippen molar-refractivity contribution >= 4 is 22.9 Å². The van der Waals surface area contributed by atoms with E-state index in [1.807, 2.05) is 6.07 Å². The average molecular weight is 473 g/mol. The van der Waals surface area contributed by atoms with Gasteiger partial charge in [0.15, 0.2) is 6.61 Å². The molecule has 0 radical (unpaired) electrons. The van der Waals surface area contributed by atoms with Crippen LogP contribution < -0.4 is 4.74 Å². The molecule has 34 heavy (non-hydrogen) atoms. The van der Waals surface area contributed by atoms with E-state index in [1.54, 1.807) is 0 Å². The summed E-state index contributed by atoms with van der Waals surface area (Å²) in [5, 5.41) is 0. The van der Waals surface area contributed by atoms with Gasteiger partial charge in [0.05, 0.1) is 0 Å². The normalized spacial score (nSPS) is 20.0. The van der Waals surface area contributed by atoms with Gasteiger partial charge >= 0.3 is 5.97 Å². The fraction of sp³-hybridized carbons (Fsp3) is 0.300. The standard InChI is InChI=1S/C30H32O3S/c1-20-16-25(34-22(3)18-24-12-6-9-15-28(24)34)17-21(2)30(20)32-19-29(31)33-27-14-8-5-11-23-10-4-7-13-26(23)27/h4,6-7,9-10,12-13,15-18,27,34H,5,8,11,14,19H2,1-3H3. The number of allylic oxidation sites excluding steroid dienone is 1. The summed E-state index contributed by atoms with van der Waals surface area (Å²) >= 11 is 0. The molecule has 1 aliphatic heterocycles. The lowest BCUT2D eigenvalue weighted by Crippen LogP contribution is -2.19. The molecule has 2 unspecified atom stereocenters. The van der Waals surface area contributed by atoms with Crippen LogP contribution in [0, 0.1) is 13.8 Å². The van der Waals surface area contributed by atoms with Crippen molar-refractivity contribution in [3.8, 4) is 5.75 Å². The van der Waals surface area contributed by atoms with Gasteiger partial charge in [0.25, 0.3) is 0 Å². The van der Waals surface area contributed by atoms with E-state index < -0.39 is 10.9 Å². The molecule has 3 aromatic carbocycles. The second-order valence-electron chi connectivity index (χ2n) is 9.30. The fourth-order valence-corrected chi connectivity index (χ4v) is 7.85. The summed E-state index contributed by atoms with van der Waals surface area (Å²) in [6.07, 6.45) is 6.23. The van der Waals surface area contributed by atoms with E-state index in [1.165, 1.54) is 25.8 Å². The molecule has 2 aliphatic rings. The van der Waals surface area contributed by atoms with Gasteiger partial charge in [-0.25, -0.2) is 4.79 Å². The summed E-state index contributed by atoms with van der Waals surface area (Å²) in [5.74, 6) is 0.475. The Bertz CT molecular complexity index is 1240. The Balaban J connectivity index is 1.29. The molecule has 1 aliphatic carbocycles. The van der Waals surface area contributed by atoms with Crippen LogP contribution in [0.4, 0.5) is 0 Å². The highest BCUT2D eigenvalue weighted by atomic mass is 32.2. The molecular weight excluding hydrogens is 440 g/mol. The summed E-state index contributed by atoms with van der Waals surface area (Å²) < 4.78 is 11.9. The third kappa shape index (κ3) is 4.52. The minimum atomic E-state index is -0.509. The quantitative estimate of drug-likeness (QED) is 0.237. The number of ether oxygens (including phenoxy) is 2. The second kappa shape index (κ2) is 9.71. The Morgan fingerprint density at radius 2 is 1.71 bits per heavy atom. The van der Waals surface area contributed by atoms with Gasteiger partial charge in [0.1, 0.15) is 11.9 Å². The monoisotopic (exact) mass is 472 g/mol. The van der Waals surface area contributed by atoms with Crippen LogP contribution in [0.1, 0.15) is 60.1 Å². The van der Waals surface area contributed by atoms with Gasteiger partial charge in [-0.2, -0.15) is 10.9 Å². The van der Waals surface area contributed by atoms with Crippen molar-refractivity contribution in [1.82, 2.24) is 0 Å². The maximum absolute atomic E-state index is 12.7. The zero-order chi connectivity index (χ0) is 23.7. The molecule has 176 valence electrons. The van der Waals surface area contributed by atoms with Crippen molar-refractivity contribution in [3.63, 3.8) is 0 Å². The first-order chi connectivity index (χ1) is 16.5. The van der Waals surface area contributed by atoms with E-state index in [2.05, 4.69) is 81.4 Å². The highest BCUT2D eigenvalue weighted by Crippen LogP contribution is 2.57. The van der Waals surface area contributed by atoms with Crippen molar-refractivity contribution < 1.29 is 14.3 Å². The van der Waals surface area contributed by atoms with Crippen LogP contribution in [0.15, 0.2) is 75.4 Å². The SMILES string of the molecule is CC1=Cc2ccccc2[SH]1c1cc(C)c(OCC(=O)OC2CCCCc3ccccc32)c(C)c1. The van der Waals surface area contributed by atoms with Crippen LogP contribution in [0.25, 0.3) is 6.08 Å². The number of carbonyl (C=O) groups is 1. The lowest BCUT2D eigenvalue weighted by atomic mass is 10.0. The molecule has 0 saturated carbocycles. The van der Waals surface area contributed by atoms with Crippen LogP contribution >= 0.6 is 10.9 Å². The average Bonchev–Trinajstić information content (AvgIpc) is 3.02. The van der Waals surface area contributed by atoms with Crippen molar-refractivity contribution in [1.29, 1.82) is 0 Å². The molecule has 0 amide bonds. The zero-order valence-electron chi connectivity index (χ0n) is 20.1. The Morgan fingerprint density at radius 3 is 2.53 bits per heavy atom. The van der Waals surface area contributed by atoms with Crippen molar-refractivity contribution in [2.24, 2.45) is 0 Å².